The minimum absolute atomic E-state index is 0.00317. The Morgan fingerprint density at radius 3 is 2.35 bits per heavy atom. The minimum atomic E-state index is -0.214. The lowest BCUT2D eigenvalue weighted by atomic mass is 10.0. The van der Waals surface area contributed by atoms with E-state index in [-0.39, 0.29) is 24.5 Å². The van der Waals surface area contributed by atoms with Crippen LogP contribution in [-0.2, 0) is 16.1 Å². The average Bonchev–Trinajstić information content (AvgIpc) is 2.71. The van der Waals surface area contributed by atoms with E-state index in [9.17, 15) is 9.59 Å². The number of methoxy groups -OCH3 is 1. The van der Waals surface area contributed by atoms with Gasteiger partial charge in [0.1, 0.15) is 6.61 Å². The number of amides is 2. The summed E-state index contributed by atoms with van der Waals surface area (Å²) in [6, 6.07) is 13.5. The maximum Gasteiger partial charge on any atom is 0.254 e. The molecule has 31 heavy (non-hydrogen) atoms. The van der Waals surface area contributed by atoms with Crippen molar-refractivity contribution >= 4 is 23.2 Å². The molecule has 1 atom stereocenters. The summed E-state index contributed by atoms with van der Waals surface area (Å²) in [5.74, 6) is 0.0823. The van der Waals surface area contributed by atoms with Crippen molar-refractivity contribution in [1.29, 1.82) is 0 Å². The molecule has 0 spiro atoms. The fraction of sp³-hybridized carbons (Fsp3) is 0.440. The van der Waals surface area contributed by atoms with E-state index in [1.807, 2.05) is 73.3 Å². The summed E-state index contributed by atoms with van der Waals surface area (Å²) in [4.78, 5) is 29.4. The number of aryl methyl sites for hydroxylation is 1. The summed E-state index contributed by atoms with van der Waals surface area (Å²) in [5, 5.41) is 2.86. The first-order valence-corrected chi connectivity index (χ1v) is 10.6. The lowest BCUT2D eigenvalue weighted by Gasteiger charge is -2.33. The van der Waals surface area contributed by atoms with Gasteiger partial charge in [0.2, 0.25) is 5.91 Å². The zero-order chi connectivity index (χ0) is 23.1. The van der Waals surface area contributed by atoms with Gasteiger partial charge in [0.15, 0.2) is 0 Å². The number of nitrogens with zero attached hydrogens (tertiary/aromatic N) is 2. The number of ether oxygens (including phenoxy) is 1. The highest BCUT2D eigenvalue weighted by Crippen LogP contribution is 2.27. The van der Waals surface area contributed by atoms with Crippen LogP contribution < -0.4 is 10.2 Å². The van der Waals surface area contributed by atoms with Crippen LogP contribution in [0.25, 0.3) is 0 Å². The van der Waals surface area contributed by atoms with E-state index in [2.05, 4.69) is 26.1 Å². The molecule has 2 rings (SSSR count). The van der Waals surface area contributed by atoms with E-state index >= 15 is 0 Å². The van der Waals surface area contributed by atoms with Crippen molar-refractivity contribution in [2.24, 2.45) is 5.92 Å². The molecule has 0 saturated carbocycles. The summed E-state index contributed by atoms with van der Waals surface area (Å²) in [6.45, 7) is 8.74. The van der Waals surface area contributed by atoms with Crippen molar-refractivity contribution in [2.75, 3.05) is 38.0 Å². The molecule has 0 heterocycles. The first-order chi connectivity index (χ1) is 14.6. The Morgan fingerprint density at radius 1 is 1.06 bits per heavy atom. The molecular formula is C25H35N3O3. The molecule has 6 nitrogen and oxygen atoms in total. The van der Waals surface area contributed by atoms with Gasteiger partial charge >= 0.3 is 0 Å². The minimum Gasteiger partial charge on any atom is -0.377 e. The largest absolute Gasteiger partial charge is 0.377 e. The van der Waals surface area contributed by atoms with Gasteiger partial charge in [-0.2, -0.15) is 0 Å². The van der Waals surface area contributed by atoms with Gasteiger partial charge in [0.05, 0.1) is 0 Å². The zero-order valence-corrected chi connectivity index (χ0v) is 19.7. The van der Waals surface area contributed by atoms with E-state index in [0.29, 0.717) is 23.7 Å². The van der Waals surface area contributed by atoms with Gasteiger partial charge < -0.3 is 19.9 Å². The van der Waals surface area contributed by atoms with Crippen LogP contribution >= 0.6 is 0 Å². The normalized spacial score (nSPS) is 11.9. The van der Waals surface area contributed by atoms with Crippen LogP contribution in [-0.4, -0.2) is 50.6 Å². The molecule has 0 aliphatic carbocycles. The Morgan fingerprint density at radius 2 is 1.77 bits per heavy atom. The summed E-state index contributed by atoms with van der Waals surface area (Å²) in [5.41, 5.74) is 4.39. The molecule has 168 valence electrons. The van der Waals surface area contributed by atoms with Gasteiger partial charge in [0, 0.05) is 50.7 Å². The molecule has 6 heteroatoms. The maximum absolute atomic E-state index is 13.5. The Balaban J connectivity index is 2.44. The first kappa shape index (κ1) is 24.4. The van der Waals surface area contributed by atoms with Crippen molar-refractivity contribution in [1.82, 2.24) is 4.90 Å². The maximum atomic E-state index is 13.5. The lowest BCUT2D eigenvalue weighted by Crippen LogP contribution is -2.41. The number of rotatable bonds is 9. The third kappa shape index (κ3) is 6.56. The molecule has 0 radical (unpaired) electrons. The molecule has 1 N–H and O–H groups in total. The number of hydrogen-bond acceptors (Lipinski definition) is 4. The van der Waals surface area contributed by atoms with E-state index < -0.39 is 0 Å². The summed E-state index contributed by atoms with van der Waals surface area (Å²) in [7, 11) is 5.43. The van der Waals surface area contributed by atoms with E-state index in [1.54, 1.807) is 0 Å². The number of carbonyl (C=O) groups excluding carboxylic acids is 2. The second-order valence-corrected chi connectivity index (χ2v) is 8.51. The fourth-order valence-corrected chi connectivity index (χ4v) is 3.44. The number of benzene rings is 2. The van der Waals surface area contributed by atoms with Crippen LogP contribution in [0.4, 0.5) is 11.4 Å². The molecule has 0 unspecified atom stereocenters. The van der Waals surface area contributed by atoms with Gasteiger partial charge in [-0.1, -0.05) is 31.5 Å². The molecule has 0 aliphatic heterocycles. The second-order valence-electron chi connectivity index (χ2n) is 8.51. The standard InChI is InChI=1S/C25H35N3O3/c1-17(2)19(4)28(25(30)20-10-8-9-18(3)13-20)15-21-14-22(26-24(29)16-31-7)11-12-23(21)27(5)6/h8-14,17,19H,15-16H2,1-7H3,(H,26,29)/t19-/m1/s1. The average molecular weight is 426 g/mol. The van der Waals surface area contributed by atoms with Crippen LogP contribution in [0, 0.1) is 12.8 Å². The van der Waals surface area contributed by atoms with Crippen LogP contribution in [0.2, 0.25) is 0 Å². The van der Waals surface area contributed by atoms with Gasteiger partial charge in [-0.25, -0.2) is 0 Å². The highest BCUT2D eigenvalue weighted by atomic mass is 16.5. The van der Waals surface area contributed by atoms with E-state index in [1.165, 1.54) is 7.11 Å². The van der Waals surface area contributed by atoms with Gasteiger partial charge in [-0.15, -0.1) is 0 Å². The molecule has 0 fully saturated rings. The third-order valence-corrected chi connectivity index (χ3v) is 5.44. The van der Waals surface area contributed by atoms with Crippen LogP contribution in [0.15, 0.2) is 42.5 Å². The predicted molar refractivity (Wildman–Crippen MR) is 127 cm³/mol. The lowest BCUT2D eigenvalue weighted by molar-refractivity contribution is -0.119. The number of anilines is 2. The van der Waals surface area contributed by atoms with E-state index in [0.717, 1.165) is 16.8 Å². The van der Waals surface area contributed by atoms with Gasteiger partial charge in [-0.3, -0.25) is 9.59 Å². The molecule has 0 saturated heterocycles. The van der Waals surface area contributed by atoms with Crippen LogP contribution in [0.5, 0.6) is 0 Å². The molecule has 2 aromatic carbocycles. The first-order valence-electron chi connectivity index (χ1n) is 10.6. The van der Waals surface area contributed by atoms with Crippen molar-refractivity contribution in [2.45, 2.75) is 40.3 Å². The number of carbonyl (C=O) groups is 2. The monoisotopic (exact) mass is 425 g/mol. The molecular weight excluding hydrogens is 390 g/mol. The summed E-state index contributed by atoms with van der Waals surface area (Å²) < 4.78 is 4.91. The number of hydrogen-bond donors (Lipinski definition) is 1. The second kappa shape index (κ2) is 11.0. The molecule has 0 aromatic heterocycles. The highest BCUT2D eigenvalue weighted by molar-refractivity contribution is 5.95. The smallest absolute Gasteiger partial charge is 0.254 e. The molecule has 2 aromatic rings. The Bertz CT molecular complexity index is 909. The summed E-state index contributed by atoms with van der Waals surface area (Å²) >= 11 is 0. The summed E-state index contributed by atoms with van der Waals surface area (Å²) in [6.07, 6.45) is 0. The zero-order valence-electron chi connectivity index (χ0n) is 19.7. The van der Waals surface area contributed by atoms with Crippen LogP contribution in [0.3, 0.4) is 0 Å². The van der Waals surface area contributed by atoms with Crippen LogP contribution in [0.1, 0.15) is 42.3 Å². The Hall–Kier alpha value is -2.86. The van der Waals surface area contributed by atoms with Crippen molar-refractivity contribution < 1.29 is 14.3 Å². The van der Waals surface area contributed by atoms with Crippen molar-refractivity contribution in [3.8, 4) is 0 Å². The quantitative estimate of drug-likeness (QED) is 0.649. The Labute approximate surface area is 186 Å². The molecule has 2 amide bonds. The predicted octanol–water partition coefficient (Wildman–Crippen LogP) is 4.33. The van der Waals surface area contributed by atoms with Crippen molar-refractivity contribution in [3.63, 3.8) is 0 Å². The van der Waals surface area contributed by atoms with Gasteiger partial charge in [-0.05, 0) is 55.7 Å². The van der Waals surface area contributed by atoms with Gasteiger partial charge in [0.25, 0.3) is 5.91 Å². The molecule has 0 aliphatic rings. The highest BCUT2D eigenvalue weighted by Gasteiger charge is 2.25. The fourth-order valence-electron chi connectivity index (χ4n) is 3.44. The Kier molecular flexibility index (Phi) is 8.63. The third-order valence-electron chi connectivity index (χ3n) is 5.44. The van der Waals surface area contributed by atoms with E-state index in [4.69, 9.17) is 4.74 Å². The number of nitrogens with one attached hydrogen (secondary N) is 1. The SMILES string of the molecule is COCC(=O)Nc1ccc(N(C)C)c(CN(C(=O)c2cccc(C)c2)[C@H](C)C(C)C)c1. The van der Waals surface area contributed by atoms with Crippen molar-refractivity contribution in [3.05, 3.63) is 59.2 Å². The topological polar surface area (TPSA) is 61.9 Å². The molecule has 0 bridgehead atoms.